The van der Waals surface area contributed by atoms with Gasteiger partial charge in [-0.1, -0.05) is 24.3 Å². The van der Waals surface area contributed by atoms with E-state index in [9.17, 15) is 25.0 Å². The summed E-state index contributed by atoms with van der Waals surface area (Å²) in [6.07, 6.45) is 1.88. The number of nitrogens with zero attached hydrogens (tertiary/aromatic N) is 2. The lowest BCUT2D eigenvalue weighted by atomic mass is 10.0. The van der Waals surface area contributed by atoms with E-state index in [4.69, 9.17) is 0 Å². The van der Waals surface area contributed by atoms with Crippen LogP contribution >= 0.6 is 0 Å². The molecule has 0 saturated heterocycles. The van der Waals surface area contributed by atoms with E-state index in [0.717, 1.165) is 41.8 Å². The van der Waals surface area contributed by atoms with E-state index in [1.165, 1.54) is 11.1 Å². The Morgan fingerprint density at radius 1 is 0.926 bits per heavy atom. The lowest BCUT2D eigenvalue weighted by Crippen LogP contribution is -2.14. The fourth-order valence-electron chi connectivity index (χ4n) is 3.52. The highest BCUT2D eigenvalue weighted by Crippen LogP contribution is 2.35. The van der Waals surface area contributed by atoms with E-state index in [-0.39, 0.29) is 5.56 Å². The van der Waals surface area contributed by atoms with Crippen molar-refractivity contribution in [3.63, 3.8) is 0 Å². The van der Waals surface area contributed by atoms with Gasteiger partial charge in [0.2, 0.25) is 0 Å². The third-order valence-electron chi connectivity index (χ3n) is 4.76. The van der Waals surface area contributed by atoms with Crippen molar-refractivity contribution in [3.8, 4) is 0 Å². The van der Waals surface area contributed by atoms with Crippen molar-refractivity contribution in [1.29, 1.82) is 0 Å². The summed E-state index contributed by atoms with van der Waals surface area (Å²) in [4.78, 5) is 33.2. The molecule has 0 bridgehead atoms. The summed E-state index contributed by atoms with van der Waals surface area (Å²) in [6, 6.07) is 12.6. The van der Waals surface area contributed by atoms with Crippen molar-refractivity contribution in [2.75, 3.05) is 5.32 Å². The molecule has 0 spiro atoms. The van der Waals surface area contributed by atoms with Gasteiger partial charge in [-0.2, -0.15) is 0 Å². The normalized spacial score (nSPS) is 12.1. The maximum Gasteiger partial charge on any atom is 0.289 e. The minimum atomic E-state index is -0.796. The fourth-order valence-corrected chi connectivity index (χ4v) is 3.52. The molecule has 0 unspecified atom stereocenters. The van der Waals surface area contributed by atoms with E-state index in [2.05, 4.69) is 5.32 Å². The zero-order valence-electron chi connectivity index (χ0n) is 14.0. The number of nitrogens with one attached hydrogen (secondary N) is 1. The molecule has 0 fully saturated rings. The summed E-state index contributed by atoms with van der Waals surface area (Å²) in [7, 11) is 0. The first-order valence-corrected chi connectivity index (χ1v) is 8.23. The van der Waals surface area contributed by atoms with E-state index in [1.54, 1.807) is 6.07 Å². The minimum absolute atomic E-state index is 0.228. The molecule has 1 N–H and O–H groups in total. The van der Waals surface area contributed by atoms with Crippen LogP contribution in [-0.2, 0) is 12.8 Å². The Kier molecular flexibility index (Phi) is 3.80. The number of aryl methyl sites for hydroxylation is 2. The Labute approximate surface area is 152 Å². The van der Waals surface area contributed by atoms with Gasteiger partial charge < -0.3 is 5.32 Å². The molecule has 0 saturated carbocycles. The number of rotatable bonds is 4. The molecule has 3 aromatic carbocycles. The highest BCUT2D eigenvalue weighted by Gasteiger charge is 2.25. The Morgan fingerprint density at radius 2 is 1.67 bits per heavy atom. The maximum atomic E-state index is 12.7. The third kappa shape index (κ3) is 2.77. The average Bonchev–Trinajstić information content (AvgIpc) is 3.08. The molecule has 3 aromatic rings. The SMILES string of the molecule is O=C(Nc1ccc2c3c(cccc13)CC2)c1ccc([N+](=O)[O-])cc1[N+](=O)[O-]. The van der Waals surface area contributed by atoms with Crippen LogP contribution in [0.4, 0.5) is 17.1 Å². The maximum absolute atomic E-state index is 12.7. The summed E-state index contributed by atoms with van der Waals surface area (Å²) >= 11 is 0. The molecule has 1 amide bonds. The molecule has 27 heavy (non-hydrogen) atoms. The number of non-ortho nitro benzene ring substituents is 1. The molecule has 0 aliphatic heterocycles. The molecule has 8 nitrogen and oxygen atoms in total. The van der Waals surface area contributed by atoms with Crippen molar-refractivity contribution < 1.29 is 14.6 Å². The van der Waals surface area contributed by atoms with Crippen molar-refractivity contribution in [2.24, 2.45) is 0 Å². The first-order valence-electron chi connectivity index (χ1n) is 8.23. The van der Waals surface area contributed by atoms with Gasteiger partial charge in [0.25, 0.3) is 17.3 Å². The number of benzene rings is 3. The van der Waals surface area contributed by atoms with Crippen LogP contribution in [0, 0.1) is 20.2 Å². The molecule has 1 aliphatic carbocycles. The van der Waals surface area contributed by atoms with Crippen molar-refractivity contribution in [1.82, 2.24) is 0 Å². The zero-order chi connectivity index (χ0) is 19.1. The molecule has 0 heterocycles. The Bertz CT molecular complexity index is 1130. The lowest BCUT2D eigenvalue weighted by Gasteiger charge is -2.11. The molecular weight excluding hydrogens is 350 g/mol. The van der Waals surface area contributed by atoms with Crippen molar-refractivity contribution in [3.05, 3.63) is 85.4 Å². The van der Waals surface area contributed by atoms with Crippen molar-refractivity contribution in [2.45, 2.75) is 12.8 Å². The Hall–Kier alpha value is -3.81. The van der Waals surface area contributed by atoms with Gasteiger partial charge in [0.05, 0.1) is 15.9 Å². The highest BCUT2D eigenvalue weighted by atomic mass is 16.6. The van der Waals surface area contributed by atoms with Gasteiger partial charge in [0, 0.05) is 17.1 Å². The number of carbonyl (C=O) groups excluding carboxylic acids is 1. The molecule has 134 valence electrons. The predicted molar refractivity (Wildman–Crippen MR) is 99.1 cm³/mol. The van der Waals surface area contributed by atoms with Crippen LogP contribution in [0.5, 0.6) is 0 Å². The summed E-state index contributed by atoms with van der Waals surface area (Å²) in [5.74, 6) is -0.685. The monoisotopic (exact) mass is 363 g/mol. The van der Waals surface area contributed by atoms with Gasteiger partial charge in [0.1, 0.15) is 5.56 Å². The van der Waals surface area contributed by atoms with E-state index in [0.29, 0.717) is 5.69 Å². The van der Waals surface area contributed by atoms with Crippen LogP contribution in [0.25, 0.3) is 10.8 Å². The molecule has 4 rings (SSSR count). The molecule has 0 aromatic heterocycles. The number of amides is 1. The van der Waals surface area contributed by atoms with Crippen LogP contribution in [0.3, 0.4) is 0 Å². The van der Waals surface area contributed by atoms with Crippen LogP contribution < -0.4 is 5.32 Å². The van der Waals surface area contributed by atoms with Crippen LogP contribution in [-0.4, -0.2) is 15.8 Å². The van der Waals surface area contributed by atoms with Crippen LogP contribution in [0.15, 0.2) is 48.5 Å². The first-order chi connectivity index (χ1) is 13.0. The molecule has 8 heteroatoms. The van der Waals surface area contributed by atoms with Gasteiger partial charge >= 0.3 is 0 Å². The standard InChI is InChI=1S/C19H13N3O5/c23-19(15-8-7-13(21(24)25)10-17(15)22(26)27)20-16-9-6-12-5-4-11-2-1-3-14(16)18(11)12/h1-3,6-10H,4-5H2,(H,20,23). The number of nitro groups is 2. The highest BCUT2D eigenvalue weighted by molar-refractivity contribution is 6.12. The van der Waals surface area contributed by atoms with Crippen LogP contribution in [0.2, 0.25) is 0 Å². The second-order valence-corrected chi connectivity index (χ2v) is 6.28. The van der Waals surface area contributed by atoms with Gasteiger partial charge in [-0.15, -0.1) is 0 Å². The first kappa shape index (κ1) is 16.6. The van der Waals surface area contributed by atoms with Crippen molar-refractivity contribution >= 4 is 33.7 Å². The Morgan fingerprint density at radius 3 is 2.37 bits per heavy atom. The summed E-state index contributed by atoms with van der Waals surface area (Å²) < 4.78 is 0. The van der Waals surface area contributed by atoms with Gasteiger partial charge in [-0.05, 0) is 41.5 Å². The third-order valence-corrected chi connectivity index (χ3v) is 4.76. The molecular formula is C19H13N3O5. The predicted octanol–water partition coefficient (Wildman–Crippen LogP) is 4.01. The second kappa shape index (κ2) is 6.17. The summed E-state index contributed by atoms with van der Waals surface area (Å²) in [5.41, 5.74) is 1.69. The number of hydrogen-bond acceptors (Lipinski definition) is 5. The number of hydrogen-bond donors (Lipinski definition) is 1. The fraction of sp³-hybridized carbons (Fsp3) is 0.105. The van der Waals surface area contributed by atoms with Gasteiger partial charge in [-0.3, -0.25) is 25.0 Å². The number of anilines is 1. The molecule has 0 radical (unpaired) electrons. The van der Waals surface area contributed by atoms with Crippen LogP contribution in [0.1, 0.15) is 21.5 Å². The largest absolute Gasteiger partial charge is 0.321 e. The lowest BCUT2D eigenvalue weighted by molar-refractivity contribution is -0.394. The zero-order valence-corrected chi connectivity index (χ0v) is 14.0. The van der Waals surface area contributed by atoms with E-state index >= 15 is 0 Å². The minimum Gasteiger partial charge on any atom is -0.321 e. The summed E-state index contributed by atoms with van der Waals surface area (Å²) in [6.45, 7) is 0. The number of carbonyl (C=O) groups is 1. The Balaban J connectivity index is 1.75. The number of nitro benzene ring substituents is 2. The molecule has 1 aliphatic rings. The van der Waals surface area contributed by atoms with E-state index in [1.807, 2.05) is 24.3 Å². The smallest absolute Gasteiger partial charge is 0.289 e. The quantitative estimate of drug-likeness (QED) is 0.555. The topological polar surface area (TPSA) is 115 Å². The van der Waals surface area contributed by atoms with Gasteiger partial charge in [0.15, 0.2) is 0 Å². The van der Waals surface area contributed by atoms with Gasteiger partial charge in [-0.25, -0.2) is 0 Å². The molecule has 0 atom stereocenters. The average molecular weight is 363 g/mol. The van der Waals surface area contributed by atoms with E-state index < -0.39 is 27.1 Å². The second-order valence-electron chi connectivity index (χ2n) is 6.28. The summed E-state index contributed by atoms with van der Waals surface area (Å²) in [5, 5.41) is 26.8.